The summed E-state index contributed by atoms with van der Waals surface area (Å²) in [6.07, 6.45) is 8.02. The second-order valence-electron chi connectivity index (χ2n) is 5.17. The zero-order chi connectivity index (χ0) is 14.4. The van der Waals surface area contributed by atoms with Crippen LogP contribution < -0.4 is 5.32 Å². The van der Waals surface area contributed by atoms with Gasteiger partial charge in [0.25, 0.3) is 0 Å². The molecule has 2 heterocycles. The van der Waals surface area contributed by atoms with Gasteiger partial charge in [0.1, 0.15) is 0 Å². The van der Waals surface area contributed by atoms with Crippen LogP contribution in [-0.4, -0.2) is 21.3 Å². The molecular formula is C16H24N4. The van der Waals surface area contributed by atoms with E-state index < -0.39 is 0 Å². The number of nitrogens with zero attached hydrogens (tertiary/aromatic N) is 3. The maximum atomic E-state index is 4.53. The van der Waals surface area contributed by atoms with Crippen LogP contribution in [0.15, 0.2) is 30.7 Å². The van der Waals surface area contributed by atoms with Crippen LogP contribution in [-0.2, 0) is 13.0 Å². The van der Waals surface area contributed by atoms with Gasteiger partial charge in [-0.3, -0.25) is 9.67 Å². The van der Waals surface area contributed by atoms with E-state index in [1.807, 2.05) is 23.1 Å². The molecule has 1 atom stereocenters. The quantitative estimate of drug-likeness (QED) is 0.842. The van der Waals surface area contributed by atoms with Crippen LogP contribution in [0.25, 0.3) is 0 Å². The lowest BCUT2D eigenvalue weighted by molar-refractivity contribution is 0.517. The summed E-state index contributed by atoms with van der Waals surface area (Å²) >= 11 is 0. The molecule has 1 unspecified atom stereocenters. The molecule has 2 aromatic rings. The van der Waals surface area contributed by atoms with E-state index in [9.17, 15) is 0 Å². The standard InChI is InChI=1S/C16H24N4/c1-4-7-17-16(15-9-13(3)6-8-18-15)10-14-11-19-20(5-2)12-14/h6,8-9,11-12,16-17H,4-5,7,10H2,1-3H3. The van der Waals surface area contributed by atoms with E-state index in [0.717, 1.165) is 31.6 Å². The average Bonchev–Trinajstić information content (AvgIpc) is 2.91. The molecule has 4 heteroatoms. The molecule has 0 saturated heterocycles. The van der Waals surface area contributed by atoms with Crippen LogP contribution >= 0.6 is 0 Å². The van der Waals surface area contributed by atoms with Crippen molar-refractivity contribution >= 4 is 0 Å². The number of rotatable bonds is 7. The van der Waals surface area contributed by atoms with Gasteiger partial charge >= 0.3 is 0 Å². The molecule has 0 saturated carbocycles. The van der Waals surface area contributed by atoms with Crippen molar-refractivity contribution in [3.8, 4) is 0 Å². The molecule has 0 amide bonds. The van der Waals surface area contributed by atoms with Crippen molar-refractivity contribution in [3.05, 3.63) is 47.5 Å². The first-order chi connectivity index (χ1) is 9.72. The Morgan fingerprint density at radius 3 is 2.85 bits per heavy atom. The molecule has 2 aromatic heterocycles. The minimum absolute atomic E-state index is 0.254. The van der Waals surface area contributed by atoms with E-state index >= 15 is 0 Å². The third-order valence-electron chi connectivity index (χ3n) is 3.38. The van der Waals surface area contributed by atoms with Crippen molar-refractivity contribution in [2.45, 2.75) is 46.2 Å². The third-order valence-corrected chi connectivity index (χ3v) is 3.38. The van der Waals surface area contributed by atoms with E-state index in [2.05, 4.69) is 48.4 Å². The first-order valence-corrected chi connectivity index (χ1v) is 7.40. The summed E-state index contributed by atoms with van der Waals surface area (Å²) in [5.74, 6) is 0. The highest BCUT2D eigenvalue weighted by Gasteiger charge is 2.14. The van der Waals surface area contributed by atoms with Gasteiger partial charge in [0.15, 0.2) is 0 Å². The molecule has 0 bridgehead atoms. The molecule has 0 spiro atoms. The van der Waals surface area contributed by atoms with E-state index in [-0.39, 0.29) is 6.04 Å². The highest BCUT2D eigenvalue weighted by Crippen LogP contribution is 2.17. The van der Waals surface area contributed by atoms with Crippen LogP contribution in [0.1, 0.15) is 43.1 Å². The van der Waals surface area contributed by atoms with Crippen molar-refractivity contribution in [3.63, 3.8) is 0 Å². The fraction of sp³-hybridized carbons (Fsp3) is 0.500. The van der Waals surface area contributed by atoms with Gasteiger partial charge < -0.3 is 5.32 Å². The van der Waals surface area contributed by atoms with Gasteiger partial charge in [-0.05, 0) is 56.5 Å². The number of pyridine rings is 1. The summed E-state index contributed by atoms with van der Waals surface area (Å²) in [5.41, 5.74) is 3.62. The fourth-order valence-corrected chi connectivity index (χ4v) is 2.27. The molecule has 0 aromatic carbocycles. The van der Waals surface area contributed by atoms with E-state index in [4.69, 9.17) is 0 Å². The number of nitrogens with one attached hydrogen (secondary N) is 1. The molecule has 1 N–H and O–H groups in total. The Morgan fingerprint density at radius 1 is 1.35 bits per heavy atom. The lowest BCUT2D eigenvalue weighted by Crippen LogP contribution is -2.25. The Morgan fingerprint density at radius 2 is 2.20 bits per heavy atom. The Kier molecular flexibility index (Phi) is 5.30. The normalized spacial score (nSPS) is 12.6. The van der Waals surface area contributed by atoms with Crippen molar-refractivity contribution in [2.24, 2.45) is 0 Å². The van der Waals surface area contributed by atoms with Gasteiger partial charge in [0.2, 0.25) is 0 Å². The first kappa shape index (κ1) is 14.7. The Labute approximate surface area is 121 Å². The second kappa shape index (κ2) is 7.20. The number of hydrogen-bond donors (Lipinski definition) is 1. The lowest BCUT2D eigenvalue weighted by Gasteiger charge is -2.17. The minimum atomic E-state index is 0.254. The smallest absolute Gasteiger partial charge is 0.0579 e. The average molecular weight is 272 g/mol. The van der Waals surface area contributed by atoms with E-state index in [1.165, 1.54) is 11.1 Å². The summed E-state index contributed by atoms with van der Waals surface area (Å²) in [5, 5.41) is 7.94. The summed E-state index contributed by atoms with van der Waals surface area (Å²) in [6.45, 7) is 8.31. The zero-order valence-corrected chi connectivity index (χ0v) is 12.6. The maximum absolute atomic E-state index is 4.53. The van der Waals surface area contributed by atoms with Gasteiger partial charge in [-0.1, -0.05) is 6.92 Å². The van der Waals surface area contributed by atoms with Crippen molar-refractivity contribution < 1.29 is 0 Å². The van der Waals surface area contributed by atoms with Crippen LogP contribution in [0.5, 0.6) is 0 Å². The topological polar surface area (TPSA) is 42.7 Å². The number of aromatic nitrogens is 3. The molecule has 4 nitrogen and oxygen atoms in total. The largest absolute Gasteiger partial charge is 0.308 e. The van der Waals surface area contributed by atoms with E-state index in [0.29, 0.717) is 0 Å². The molecule has 0 radical (unpaired) electrons. The van der Waals surface area contributed by atoms with Crippen molar-refractivity contribution in [1.29, 1.82) is 0 Å². The van der Waals surface area contributed by atoms with E-state index in [1.54, 1.807) is 0 Å². The van der Waals surface area contributed by atoms with Crippen molar-refractivity contribution in [2.75, 3.05) is 6.54 Å². The monoisotopic (exact) mass is 272 g/mol. The molecular weight excluding hydrogens is 248 g/mol. The van der Waals surface area contributed by atoms with Crippen LogP contribution in [0, 0.1) is 6.92 Å². The molecule has 108 valence electrons. The summed E-state index contributed by atoms with van der Waals surface area (Å²) in [4.78, 5) is 4.53. The van der Waals surface area contributed by atoms with Gasteiger partial charge in [-0.15, -0.1) is 0 Å². The molecule has 2 rings (SSSR count). The predicted octanol–water partition coefficient (Wildman–Crippen LogP) is 2.89. The summed E-state index contributed by atoms with van der Waals surface area (Å²) in [6, 6.07) is 4.46. The SMILES string of the molecule is CCCNC(Cc1cnn(CC)c1)c1cc(C)ccn1. The first-order valence-electron chi connectivity index (χ1n) is 7.40. The molecule has 0 aliphatic heterocycles. The molecule has 20 heavy (non-hydrogen) atoms. The van der Waals surface area contributed by atoms with Gasteiger partial charge in [-0.2, -0.15) is 5.10 Å². The number of aryl methyl sites for hydroxylation is 2. The highest BCUT2D eigenvalue weighted by atomic mass is 15.3. The van der Waals surface area contributed by atoms with Crippen LogP contribution in [0.4, 0.5) is 0 Å². The highest BCUT2D eigenvalue weighted by molar-refractivity contribution is 5.20. The lowest BCUT2D eigenvalue weighted by atomic mass is 10.0. The molecule has 0 aliphatic rings. The van der Waals surface area contributed by atoms with Crippen LogP contribution in [0.3, 0.4) is 0 Å². The molecule has 0 aliphatic carbocycles. The third kappa shape index (κ3) is 3.90. The minimum Gasteiger partial charge on any atom is -0.308 e. The predicted molar refractivity (Wildman–Crippen MR) is 81.6 cm³/mol. The fourth-order valence-electron chi connectivity index (χ4n) is 2.27. The Bertz CT molecular complexity index is 533. The van der Waals surface area contributed by atoms with Gasteiger partial charge in [-0.25, -0.2) is 0 Å². The van der Waals surface area contributed by atoms with Gasteiger partial charge in [0.05, 0.1) is 17.9 Å². The summed E-state index contributed by atoms with van der Waals surface area (Å²) < 4.78 is 1.97. The zero-order valence-electron chi connectivity index (χ0n) is 12.6. The number of hydrogen-bond acceptors (Lipinski definition) is 3. The Balaban J connectivity index is 2.14. The van der Waals surface area contributed by atoms with Gasteiger partial charge in [0, 0.05) is 18.9 Å². The van der Waals surface area contributed by atoms with Crippen molar-refractivity contribution in [1.82, 2.24) is 20.1 Å². The van der Waals surface area contributed by atoms with Crippen LogP contribution in [0.2, 0.25) is 0 Å². The Hall–Kier alpha value is -1.68. The molecule has 0 fully saturated rings. The second-order valence-corrected chi connectivity index (χ2v) is 5.17. The summed E-state index contributed by atoms with van der Waals surface area (Å²) in [7, 11) is 0. The maximum Gasteiger partial charge on any atom is 0.0579 e.